The van der Waals surface area contributed by atoms with E-state index in [2.05, 4.69) is 38.0 Å². The van der Waals surface area contributed by atoms with E-state index >= 15 is 0 Å². The van der Waals surface area contributed by atoms with Crippen LogP contribution >= 0.6 is 0 Å². The van der Waals surface area contributed by atoms with Crippen molar-refractivity contribution in [1.82, 2.24) is 4.98 Å². The SMILES string of the molecule is COc1ccc(NC(CC(C)C)CC(C)C)cn1. The average Bonchev–Trinajstić information content (AvgIpc) is 2.28. The fraction of sp³-hybridized carbons (Fsp3) is 0.667. The first-order chi connectivity index (χ1) is 8.51. The molecule has 0 spiro atoms. The molecule has 0 aliphatic rings. The predicted molar refractivity (Wildman–Crippen MR) is 77.1 cm³/mol. The van der Waals surface area contributed by atoms with Gasteiger partial charge in [-0.05, 0) is 30.7 Å². The maximum atomic E-state index is 5.06. The van der Waals surface area contributed by atoms with E-state index in [1.807, 2.05) is 18.3 Å². The lowest BCUT2D eigenvalue weighted by atomic mass is 9.95. The molecule has 1 N–H and O–H groups in total. The Bertz CT molecular complexity index is 323. The molecule has 0 radical (unpaired) electrons. The number of hydrogen-bond acceptors (Lipinski definition) is 3. The van der Waals surface area contributed by atoms with Gasteiger partial charge in [0.05, 0.1) is 19.0 Å². The highest BCUT2D eigenvalue weighted by Crippen LogP contribution is 2.19. The van der Waals surface area contributed by atoms with Crippen molar-refractivity contribution in [2.45, 2.75) is 46.6 Å². The van der Waals surface area contributed by atoms with Crippen molar-refractivity contribution >= 4 is 5.69 Å². The van der Waals surface area contributed by atoms with Crippen molar-refractivity contribution in [1.29, 1.82) is 0 Å². The van der Waals surface area contributed by atoms with Crippen LogP contribution in [0.5, 0.6) is 5.88 Å². The molecule has 0 bridgehead atoms. The normalized spacial score (nSPS) is 11.3. The van der Waals surface area contributed by atoms with E-state index in [1.165, 1.54) is 12.8 Å². The minimum absolute atomic E-state index is 0.514. The van der Waals surface area contributed by atoms with Crippen molar-refractivity contribution in [3.8, 4) is 5.88 Å². The third-order valence-corrected chi connectivity index (χ3v) is 2.83. The Morgan fingerprint density at radius 3 is 2.11 bits per heavy atom. The predicted octanol–water partition coefficient (Wildman–Crippen LogP) is 3.96. The fourth-order valence-electron chi connectivity index (χ4n) is 2.17. The average molecular weight is 250 g/mol. The van der Waals surface area contributed by atoms with E-state index in [1.54, 1.807) is 7.11 Å². The van der Waals surface area contributed by atoms with E-state index < -0.39 is 0 Å². The van der Waals surface area contributed by atoms with Crippen molar-refractivity contribution in [2.75, 3.05) is 12.4 Å². The minimum atomic E-state index is 0.514. The molecule has 0 saturated carbocycles. The van der Waals surface area contributed by atoms with Crippen LogP contribution in [0, 0.1) is 11.8 Å². The number of aromatic nitrogens is 1. The Kier molecular flexibility index (Phi) is 5.96. The van der Waals surface area contributed by atoms with Gasteiger partial charge in [-0.3, -0.25) is 0 Å². The molecule has 0 saturated heterocycles. The molecule has 0 fully saturated rings. The summed E-state index contributed by atoms with van der Waals surface area (Å²) in [6.45, 7) is 9.06. The quantitative estimate of drug-likeness (QED) is 0.795. The highest BCUT2D eigenvalue weighted by molar-refractivity contribution is 5.42. The van der Waals surface area contributed by atoms with Crippen molar-refractivity contribution in [3.05, 3.63) is 18.3 Å². The first kappa shape index (κ1) is 14.8. The summed E-state index contributed by atoms with van der Waals surface area (Å²) in [7, 11) is 1.63. The first-order valence-electron chi connectivity index (χ1n) is 6.77. The standard InChI is InChI=1S/C15H26N2O/c1-11(2)8-14(9-12(3)4)17-13-6-7-15(18-5)16-10-13/h6-7,10-12,14,17H,8-9H2,1-5H3. The van der Waals surface area contributed by atoms with Gasteiger partial charge in [0.15, 0.2) is 0 Å². The smallest absolute Gasteiger partial charge is 0.213 e. The molecule has 102 valence electrons. The lowest BCUT2D eigenvalue weighted by Crippen LogP contribution is -2.23. The fourth-order valence-corrected chi connectivity index (χ4v) is 2.17. The van der Waals surface area contributed by atoms with Gasteiger partial charge in [-0.1, -0.05) is 27.7 Å². The minimum Gasteiger partial charge on any atom is -0.481 e. The van der Waals surface area contributed by atoms with Crippen LogP contribution in [0.2, 0.25) is 0 Å². The molecule has 0 aliphatic carbocycles. The number of nitrogens with zero attached hydrogens (tertiary/aromatic N) is 1. The highest BCUT2D eigenvalue weighted by atomic mass is 16.5. The second-order valence-corrected chi connectivity index (χ2v) is 5.69. The number of hydrogen-bond donors (Lipinski definition) is 1. The Morgan fingerprint density at radius 2 is 1.72 bits per heavy atom. The van der Waals surface area contributed by atoms with E-state index in [4.69, 9.17) is 4.74 Å². The maximum Gasteiger partial charge on any atom is 0.213 e. The molecular weight excluding hydrogens is 224 g/mol. The molecule has 18 heavy (non-hydrogen) atoms. The monoisotopic (exact) mass is 250 g/mol. The topological polar surface area (TPSA) is 34.1 Å². The second-order valence-electron chi connectivity index (χ2n) is 5.69. The molecule has 0 atom stereocenters. The zero-order chi connectivity index (χ0) is 13.5. The number of pyridine rings is 1. The van der Waals surface area contributed by atoms with Gasteiger partial charge in [-0.2, -0.15) is 0 Å². The van der Waals surface area contributed by atoms with E-state index in [9.17, 15) is 0 Å². The van der Waals surface area contributed by atoms with E-state index in [0.717, 1.165) is 5.69 Å². The molecule has 1 rings (SSSR count). The van der Waals surface area contributed by atoms with Gasteiger partial charge >= 0.3 is 0 Å². The van der Waals surface area contributed by atoms with Crippen molar-refractivity contribution in [2.24, 2.45) is 11.8 Å². The largest absolute Gasteiger partial charge is 0.481 e. The molecule has 1 aromatic heterocycles. The number of nitrogens with one attached hydrogen (secondary N) is 1. The Hall–Kier alpha value is -1.25. The lowest BCUT2D eigenvalue weighted by molar-refractivity contribution is 0.398. The summed E-state index contributed by atoms with van der Waals surface area (Å²) in [5.41, 5.74) is 1.07. The van der Waals surface area contributed by atoms with Crippen molar-refractivity contribution < 1.29 is 4.74 Å². The number of rotatable bonds is 7. The van der Waals surface area contributed by atoms with Gasteiger partial charge in [0.1, 0.15) is 0 Å². The van der Waals surface area contributed by atoms with E-state index in [0.29, 0.717) is 23.8 Å². The molecule has 0 amide bonds. The molecule has 0 aliphatic heterocycles. The summed E-state index contributed by atoms with van der Waals surface area (Å²) in [5, 5.41) is 3.57. The van der Waals surface area contributed by atoms with Crippen LogP contribution in [0.4, 0.5) is 5.69 Å². The van der Waals surface area contributed by atoms with Crippen LogP contribution in [0.3, 0.4) is 0 Å². The first-order valence-corrected chi connectivity index (χ1v) is 6.77. The van der Waals surface area contributed by atoms with Gasteiger partial charge < -0.3 is 10.1 Å². The molecular formula is C15H26N2O. The second kappa shape index (κ2) is 7.24. The number of methoxy groups -OCH3 is 1. The van der Waals surface area contributed by atoms with Crippen LogP contribution in [0.25, 0.3) is 0 Å². The Balaban J connectivity index is 2.62. The molecule has 1 heterocycles. The summed E-state index contributed by atoms with van der Waals surface area (Å²) in [6.07, 6.45) is 4.21. The van der Waals surface area contributed by atoms with Gasteiger partial charge in [0.2, 0.25) is 5.88 Å². The van der Waals surface area contributed by atoms with Gasteiger partial charge in [0.25, 0.3) is 0 Å². The highest BCUT2D eigenvalue weighted by Gasteiger charge is 2.12. The lowest BCUT2D eigenvalue weighted by Gasteiger charge is -2.23. The molecule has 0 unspecified atom stereocenters. The van der Waals surface area contributed by atoms with Crippen LogP contribution in [-0.2, 0) is 0 Å². The molecule has 3 heteroatoms. The third-order valence-electron chi connectivity index (χ3n) is 2.83. The van der Waals surface area contributed by atoms with Gasteiger partial charge in [-0.25, -0.2) is 4.98 Å². The molecule has 0 aromatic carbocycles. The van der Waals surface area contributed by atoms with Crippen LogP contribution in [-0.4, -0.2) is 18.1 Å². The summed E-state index contributed by atoms with van der Waals surface area (Å²) >= 11 is 0. The van der Waals surface area contributed by atoms with Crippen LogP contribution < -0.4 is 10.1 Å². The maximum absolute atomic E-state index is 5.06. The van der Waals surface area contributed by atoms with Gasteiger partial charge in [0, 0.05) is 12.1 Å². The molecule has 3 nitrogen and oxygen atoms in total. The zero-order valence-electron chi connectivity index (χ0n) is 12.2. The van der Waals surface area contributed by atoms with Crippen LogP contribution in [0.15, 0.2) is 18.3 Å². The number of anilines is 1. The summed E-state index contributed by atoms with van der Waals surface area (Å²) in [6, 6.07) is 4.43. The van der Waals surface area contributed by atoms with Gasteiger partial charge in [-0.15, -0.1) is 0 Å². The summed E-state index contributed by atoms with van der Waals surface area (Å²) in [5.74, 6) is 2.06. The summed E-state index contributed by atoms with van der Waals surface area (Å²) in [4.78, 5) is 4.22. The molecule has 1 aromatic rings. The Morgan fingerprint density at radius 1 is 1.11 bits per heavy atom. The van der Waals surface area contributed by atoms with E-state index in [-0.39, 0.29) is 0 Å². The van der Waals surface area contributed by atoms with Crippen molar-refractivity contribution in [3.63, 3.8) is 0 Å². The zero-order valence-corrected chi connectivity index (χ0v) is 12.2. The van der Waals surface area contributed by atoms with Crippen LogP contribution in [0.1, 0.15) is 40.5 Å². The Labute approximate surface area is 111 Å². The summed E-state index contributed by atoms with van der Waals surface area (Å²) < 4.78 is 5.06. The number of ether oxygens (including phenoxy) is 1. The third kappa shape index (κ3) is 5.39.